The molecular formula is C55H38N2S. The summed E-state index contributed by atoms with van der Waals surface area (Å²) in [5, 5.41) is 6.33. The molecule has 0 radical (unpaired) electrons. The molecule has 0 saturated heterocycles. The highest BCUT2D eigenvalue weighted by molar-refractivity contribution is 7.21. The second kappa shape index (κ2) is 12.9. The molecule has 0 saturated carbocycles. The number of hydrogen-bond donors (Lipinski definition) is 0. The molecule has 0 bridgehead atoms. The number of nitrogens with zero attached hydrogens (tertiary/aromatic N) is 2. The summed E-state index contributed by atoms with van der Waals surface area (Å²) >= 11 is 1.94. The highest BCUT2D eigenvalue weighted by Crippen LogP contribution is 2.54. The van der Waals surface area contributed by atoms with Crippen molar-refractivity contribution in [3.8, 4) is 11.3 Å². The molecule has 2 nitrogen and oxygen atoms in total. The first kappa shape index (κ1) is 33.5. The Kier molecular flexibility index (Phi) is 7.46. The second-order valence-corrected chi connectivity index (χ2v) is 17.1. The van der Waals surface area contributed by atoms with Gasteiger partial charge < -0.3 is 0 Å². The van der Waals surface area contributed by atoms with Gasteiger partial charge in [-0.1, -0.05) is 140 Å². The predicted molar refractivity (Wildman–Crippen MR) is 248 cm³/mol. The van der Waals surface area contributed by atoms with Crippen LogP contribution in [0.15, 0.2) is 181 Å². The fraction of sp³-hybridized carbons (Fsp3) is 0.0909. The first-order valence-electron chi connectivity index (χ1n) is 20.3. The van der Waals surface area contributed by atoms with Crippen LogP contribution in [0.3, 0.4) is 0 Å². The molecule has 0 spiro atoms. The van der Waals surface area contributed by atoms with Gasteiger partial charge in [-0.05, 0) is 111 Å². The Morgan fingerprint density at radius 2 is 1.62 bits per heavy atom. The van der Waals surface area contributed by atoms with Crippen molar-refractivity contribution < 1.29 is 0 Å². The molecule has 0 N–H and O–H groups in total. The van der Waals surface area contributed by atoms with Crippen LogP contribution in [0.1, 0.15) is 39.1 Å². The van der Waals surface area contributed by atoms with Gasteiger partial charge in [0.2, 0.25) is 0 Å². The van der Waals surface area contributed by atoms with Crippen LogP contribution < -0.4 is 0 Å². The maximum Gasteiger partial charge on any atom is 0.0788 e. The summed E-state index contributed by atoms with van der Waals surface area (Å²) in [6.45, 7) is 6.15. The highest BCUT2D eigenvalue weighted by atomic mass is 32.1. The smallest absolute Gasteiger partial charge is 0.0788 e. The van der Waals surface area contributed by atoms with Crippen molar-refractivity contribution in [2.24, 2.45) is 11.8 Å². The van der Waals surface area contributed by atoms with E-state index in [0.29, 0.717) is 0 Å². The Bertz CT molecular complexity index is 3290. The molecule has 0 aliphatic heterocycles. The number of para-hydroxylation sites is 1. The monoisotopic (exact) mass is 758 g/mol. The summed E-state index contributed by atoms with van der Waals surface area (Å²) < 4.78 is 1.38. The third-order valence-corrected chi connectivity index (χ3v) is 14.1. The molecule has 5 aliphatic carbocycles. The van der Waals surface area contributed by atoms with Gasteiger partial charge in [-0.25, -0.2) is 4.98 Å². The fourth-order valence-electron chi connectivity index (χ4n) is 10.2. The molecule has 5 aliphatic rings. The van der Waals surface area contributed by atoms with Gasteiger partial charge in [0.1, 0.15) is 0 Å². The van der Waals surface area contributed by atoms with Gasteiger partial charge in [0.25, 0.3) is 0 Å². The summed E-state index contributed by atoms with van der Waals surface area (Å²) in [7, 11) is 0. The summed E-state index contributed by atoms with van der Waals surface area (Å²) in [6.07, 6.45) is 33.8. The second-order valence-electron chi connectivity index (χ2n) is 16.0. The molecule has 4 aromatic carbocycles. The molecule has 2 atom stereocenters. The van der Waals surface area contributed by atoms with Crippen LogP contribution in [0.5, 0.6) is 0 Å². The molecule has 0 fully saturated rings. The quantitative estimate of drug-likeness (QED) is 0.129. The highest BCUT2D eigenvalue weighted by Gasteiger charge is 2.40. The molecule has 12 rings (SSSR count). The number of rotatable bonds is 5. The summed E-state index contributed by atoms with van der Waals surface area (Å²) in [4.78, 5) is 11.5. The third-order valence-electron chi connectivity index (χ3n) is 12.9. The molecule has 3 heterocycles. The van der Waals surface area contributed by atoms with Crippen LogP contribution in [0.2, 0.25) is 0 Å². The molecule has 3 aromatic heterocycles. The number of hydrogen-bond acceptors (Lipinski definition) is 3. The lowest BCUT2D eigenvalue weighted by Crippen LogP contribution is -2.30. The zero-order valence-electron chi connectivity index (χ0n) is 32.2. The SMILES string of the molecule is C=C/C=C\c1c(C2=CC=C3C=CC4=CC(c5ccc(-c6nc7ccccc7c7c6ccc6c8c(sc67)C=CCC8)cc5)=CC5=CC=C2C3C54)cc2cccnc2c1C. The average molecular weight is 759 g/mol. The van der Waals surface area contributed by atoms with Crippen LogP contribution in [-0.2, 0) is 6.42 Å². The van der Waals surface area contributed by atoms with Gasteiger partial charge in [0.15, 0.2) is 0 Å². The Hall–Kier alpha value is -6.68. The van der Waals surface area contributed by atoms with Gasteiger partial charge >= 0.3 is 0 Å². The molecule has 58 heavy (non-hydrogen) atoms. The van der Waals surface area contributed by atoms with Crippen LogP contribution in [0, 0.1) is 18.8 Å². The normalized spacial score (nSPS) is 19.1. The Balaban J connectivity index is 0.941. The van der Waals surface area contributed by atoms with E-state index in [9.17, 15) is 0 Å². The Morgan fingerprint density at radius 1 is 0.776 bits per heavy atom. The van der Waals surface area contributed by atoms with Crippen molar-refractivity contribution in [1.82, 2.24) is 9.97 Å². The maximum absolute atomic E-state index is 5.31. The maximum atomic E-state index is 5.31. The molecule has 274 valence electrons. The first-order valence-corrected chi connectivity index (χ1v) is 21.1. The van der Waals surface area contributed by atoms with Crippen molar-refractivity contribution in [2.45, 2.75) is 19.8 Å². The fourth-order valence-corrected chi connectivity index (χ4v) is 11.6. The predicted octanol–water partition coefficient (Wildman–Crippen LogP) is 14.3. The van der Waals surface area contributed by atoms with Crippen LogP contribution in [0.25, 0.3) is 77.2 Å². The largest absolute Gasteiger partial charge is 0.256 e. The third kappa shape index (κ3) is 4.96. The van der Waals surface area contributed by atoms with Crippen LogP contribution >= 0.6 is 11.3 Å². The minimum absolute atomic E-state index is 0.265. The van der Waals surface area contributed by atoms with Crippen molar-refractivity contribution >= 4 is 77.3 Å². The topological polar surface area (TPSA) is 25.8 Å². The lowest BCUT2D eigenvalue weighted by atomic mass is 9.61. The van der Waals surface area contributed by atoms with Crippen LogP contribution in [-0.4, -0.2) is 9.97 Å². The van der Waals surface area contributed by atoms with Gasteiger partial charge in [-0.2, -0.15) is 0 Å². The number of fused-ring (bicyclic) bond motifs is 8. The van der Waals surface area contributed by atoms with Crippen molar-refractivity contribution in [2.75, 3.05) is 0 Å². The number of aromatic nitrogens is 2. The summed E-state index contributed by atoms with van der Waals surface area (Å²) in [6, 6.07) is 29.0. The Labute approximate surface area is 342 Å². The first-order chi connectivity index (χ1) is 28.6. The number of pyridine rings is 2. The van der Waals surface area contributed by atoms with Crippen molar-refractivity contribution in [3.05, 3.63) is 213 Å². The zero-order chi connectivity index (χ0) is 38.5. The molecule has 3 heteroatoms. The minimum Gasteiger partial charge on any atom is -0.256 e. The van der Waals surface area contributed by atoms with E-state index in [1.165, 1.54) is 92.4 Å². The van der Waals surface area contributed by atoms with Gasteiger partial charge in [0, 0.05) is 54.7 Å². The minimum atomic E-state index is 0.265. The van der Waals surface area contributed by atoms with Crippen molar-refractivity contribution in [3.63, 3.8) is 0 Å². The number of benzene rings is 4. The van der Waals surface area contributed by atoms with E-state index in [4.69, 9.17) is 9.97 Å². The van der Waals surface area contributed by atoms with Gasteiger partial charge in [-0.3, -0.25) is 4.98 Å². The average Bonchev–Trinajstić information content (AvgIpc) is 3.66. The van der Waals surface area contributed by atoms with E-state index < -0.39 is 0 Å². The number of thiophene rings is 1. The number of aryl methyl sites for hydroxylation is 2. The lowest BCUT2D eigenvalue weighted by Gasteiger charge is -2.42. The van der Waals surface area contributed by atoms with E-state index in [0.717, 1.165) is 40.5 Å². The van der Waals surface area contributed by atoms with Crippen molar-refractivity contribution in [1.29, 1.82) is 0 Å². The van der Waals surface area contributed by atoms with Gasteiger partial charge in [-0.15, -0.1) is 11.3 Å². The van der Waals surface area contributed by atoms with E-state index in [1.807, 2.05) is 35.8 Å². The van der Waals surface area contributed by atoms with E-state index >= 15 is 0 Å². The van der Waals surface area contributed by atoms with E-state index in [-0.39, 0.29) is 11.8 Å². The zero-order valence-corrected chi connectivity index (χ0v) is 33.0. The Morgan fingerprint density at radius 3 is 2.53 bits per heavy atom. The molecule has 2 unspecified atom stereocenters. The molecular weight excluding hydrogens is 721 g/mol. The molecule has 7 aromatic rings. The summed E-state index contributed by atoms with van der Waals surface area (Å²) in [5.74, 6) is 0.544. The number of allylic oxidation sites excluding steroid dienone is 17. The van der Waals surface area contributed by atoms with E-state index in [2.05, 4.69) is 153 Å². The summed E-state index contributed by atoms with van der Waals surface area (Å²) in [5.41, 5.74) is 18.6. The van der Waals surface area contributed by atoms with E-state index in [1.54, 1.807) is 0 Å². The van der Waals surface area contributed by atoms with Gasteiger partial charge in [0.05, 0.1) is 16.7 Å². The standard InChI is InChI=1S/C55H38N2S/c1-3-4-11-40-32(2)53-38(10-9-28-56-53)31-47(40)41-24-22-34-18-21-36-29-39(30-37-23-25-43(41)51(34)50(36)37)33-16-19-35(20-17-33)54-46-27-26-44-42-12-6-8-15-49(42)58-55(44)52(46)45-13-5-7-14-48(45)57-54/h3-5,7-11,13-31,50-51H,1,6,12H2,2H3/b11-4-. The van der Waals surface area contributed by atoms with Crippen LogP contribution in [0.4, 0.5) is 0 Å². The molecule has 0 amide bonds. The lowest BCUT2D eigenvalue weighted by molar-refractivity contribution is 0.568.